The van der Waals surface area contributed by atoms with E-state index in [1.54, 1.807) is 0 Å². The molecular formula is C15H23N5. The first-order chi connectivity index (χ1) is 9.63. The van der Waals surface area contributed by atoms with Crippen molar-refractivity contribution in [2.24, 2.45) is 0 Å². The van der Waals surface area contributed by atoms with Crippen molar-refractivity contribution < 1.29 is 0 Å². The molecule has 0 unspecified atom stereocenters. The molecule has 0 radical (unpaired) electrons. The lowest BCUT2D eigenvalue weighted by Crippen LogP contribution is -2.13. The van der Waals surface area contributed by atoms with Gasteiger partial charge < -0.3 is 5.32 Å². The second-order valence-electron chi connectivity index (χ2n) is 4.97. The van der Waals surface area contributed by atoms with E-state index in [4.69, 9.17) is 4.98 Å². The Hall–Kier alpha value is -1.75. The summed E-state index contributed by atoms with van der Waals surface area (Å²) in [6, 6.07) is 4.26. The normalized spacial score (nSPS) is 11.0. The van der Waals surface area contributed by atoms with Crippen LogP contribution >= 0.6 is 0 Å². The summed E-state index contributed by atoms with van der Waals surface area (Å²) in [7, 11) is 0. The Kier molecular flexibility index (Phi) is 4.84. The quantitative estimate of drug-likeness (QED) is 0.877. The smallest absolute Gasteiger partial charge is 0.156 e. The minimum absolute atomic E-state index is 0.776. The maximum absolute atomic E-state index is 4.71. The lowest BCUT2D eigenvalue weighted by Gasteiger charge is -2.09. The van der Waals surface area contributed by atoms with Gasteiger partial charge in [-0.05, 0) is 44.5 Å². The molecule has 0 amide bonds. The molecule has 0 aliphatic heterocycles. The molecule has 0 bridgehead atoms. The first-order valence-corrected chi connectivity index (χ1v) is 7.25. The van der Waals surface area contributed by atoms with Gasteiger partial charge >= 0.3 is 0 Å². The van der Waals surface area contributed by atoms with Crippen LogP contribution in [0, 0.1) is 13.8 Å². The van der Waals surface area contributed by atoms with Crippen molar-refractivity contribution in [3.05, 3.63) is 35.0 Å². The van der Waals surface area contributed by atoms with E-state index < -0.39 is 0 Å². The fourth-order valence-corrected chi connectivity index (χ4v) is 2.24. The van der Waals surface area contributed by atoms with Crippen molar-refractivity contribution >= 4 is 0 Å². The van der Waals surface area contributed by atoms with Crippen molar-refractivity contribution in [1.82, 2.24) is 25.1 Å². The highest BCUT2D eigenvalue weighted by Gasteiger charge is 2.09. The lowest BCUT2D eigenvalue weighted by atomic mass is 10.1. The molecule has 0 saturated carbocycles. The van der Waals surface area contributed by atoms with Gasteiger partial charge in [-0.15, -0.1) is 5.10 Å². The van der Waals surface area contributed by atoms with Crippen LogP contribution in [0.2, 0.25) is 0 Å². The van der Waals surface area contributed by atoms with Crippen molar-refractivity contribution in [2.45, 2.75) is 47.1 Å². The Bertz CT molecular complexity index is 574. The third kappa shape index (κ3) is 3.42. The van der Waals surface area contributed by atoms with E-state index in [2.05, 4.69) is 41.4 Å². The second kappa shape index (κ2) is 6.61. The van der Waals surface area contributed by atoms with Crippen LogP contribution in [0.5, 0.6) is 0 Å². The Morgan fingerprint density at radius 1 is 1.15 bits per heavy atom. The predicted octanol–water partition coefficient (Wildman–Crippen LogP) is 2.34. The van der Waals surface area contributed by atoms with Gasteiger partial charge in [0.15, 0.2) is 5.82 Å². The number of nitrogens with zero attached hydrogens (tertiary/aromatic N) is 4. The molecule has 2 aromatic heterocycles. The zero-order chi connectivity index (χ0) is 14.5. The summed E-state index contributed by atoms with van der Waals surface area (Å²) < 4.78 is 1.82. The summed E-state index contributed by atoms with van der Waals surface area (Å²) in [4.78, 5) is 9.06. The number of aryl methyl sites for hydroxylation is 3. The Morgan fingerprint density at radius 2 is 1.95 bits per heavy atom. The van der Waals surface area contributed by atoms with Gasteiger partial charge in [-0.1, -0.05) is 20.3 Å². The molecule has 0 aliphatic rings. The van der Waals surface area contributed by atoms with E-state index in [1.165, 1.54) is 5.56 Å². The highest BCUT2D eigenvalue weighted by molar-refractivity contribution is 5.31. The molecule has 5 heteroatoms. The fourth-order valence-electron chi connectivity index (χ4n) is 2.24. The lowest BCUT2D eigenvalue weighted by molar-refractivity contribution is 0.716. The number of hydrogen-bond acceptors (Lipinski definition) is 4. The zero-order valence-corrected chi connectivity index (χ0v) is 12.8. The summed E-state index contributed by atoms with van der Waals surface area (Å²) in [5.41, 5.74) is 2.36. The van der Waals surface area contributed by atoms with Crippen molar-refractivity contribution in [3.63, 3.8) is 0 Å². The number of pyridine rings is 1. The standard InChI is InChI=1S/C15H23N5/c1-5-7-14-8-13(10-16-6-2)9-15(18-14)20-12(4)17-11(3)19-20/h8-9,16H,5-7,10H2,1-4H3. The van der Waals surface area contributed by atoms with Crippen molar-refractivity contribution in [2.75, 3.05) is 6.54 Å². The summed E-state index contributed by atoms with van der Waals surface area (Å²) in [5.74, 6) is 2.51. The monoisotopic (exact) mass is 273 g/mol. The highest BCUT2D eigenvalue weighted by atomic mass is 15.4. The van der Waals surface area contributed by atoms with Crippen LogP contribution in [0.15, 0.2) is 12.1 Å². The molecule has 2 heterocycles. The summed E-state index contributed by atoms with van der Waals surface area (Å²) >= 11 is 0. The van der Waals surface area contributed by atoms with E-state index in [0.29, 0.717) is 0 Å². The average molecular weight is 273 g/mol. The minimum Gasteiger partial charge on any atom is -0.313 e. The maximum Gasteiger partial charge on any atom is 0.156 e. The SMILES string of the molecule is CCCc1cc(CNCC)cc(-n2nc(C)nc2C)n1. The van der Waals surface area contributed by atoms with Crippen LogP contribution in [0.25, 0.3) is 5.82 Å². The van der Waals surface area contributed by atoms with Crippen LogP contribution in [0.1, 0.15) is 43.2 Å². The molecule has 1 N–H and O–H groups in total. The number of rotatable bonds is 6. The van der Waals surface area contributed by atoms with Gasteiger partial charge in [0.2, 0.25) is 0 Å². The van der Waals surface area contributed by atoms with Gasteiger partial charge in [0, 0.05) is 12.2 Å². The Morgan fingerprint density at radius 3 is 2.55 bits per heavy atom. The maximum atomic E-state index is 4.71. The summed E-state index contributed by atoms with van der Waals surface area (Å²) in [6.45, 7) is 9.96. The molecule has 2 aromatic rings. The van der Waals surface area contributed by atoms with E-state index in [1.807, 2.05) is 18.5 Å². The fraction of sp³-hybridized carbons (Fsp3) is 0.533. The molecule has 0 spiro atoms. The molecule has 0 aliphatic carbocycles. The van der Waals surface area contributed by atoms with Crippen LogP contribution in [0.4, 0.5) is 0 Å². The van der Waals surface area contributed by atoms with E-state index in [0.717, 1.165) is 49.1 Å². The van der Waals surface area contributed by atoms with Gasteiger partial charge in [-0.25, -0.2) is 9.97 Å². The topological polar surface area (TPSA) is 55.6 Å². The van der Waals surface area contributed by atoms with Gasteiger partial charge in [-0.2, -0.15) is 4.68 Å². The van der Waals surface area contributed by atoms with Gasteiger partial charge in [0.1, 0.15) is 11.6 Å². The molecule has 0 saturated heterocycles. The first-order valence-electron chi connectivity index (χ1n) is 7.25. The van der Waals surface area contributed by atoms with Crippen LogP contribution in [0.3, 0.4) is 0 Å². The van der Waals surface area contributed by atoms with Gasteiger partial charge in [-0.3, -0.25) is 0 Å². The summed E-state index contributed by atoms with van der Waals surface area (Å²) in [6.07, 6.45) is 2.08. The summed E-state index contributed by atoms with van der Waals surface area (Å²) in [5, 5.41) is 7.79. The Balaban J connectivity index is 2.40. The van der Waals surface area contributed by atoms with E-state index >= 15 is 0 Å². The van der Waals surface area contributed by atoms with Crippen molar-refractivity contribution in [1.29, 1.82) is 0 Å². The number of hydrogen-bond donors (Lipinski definition) is 1. The van der Waals surface area contributed by atoms with E-state index in [-0.39, 0.29) is 0 Å². The molecule has 20 heavy (non-hydrogen) atoms. The molecule has 0 aromatic carbocycles. The van der Waals surface area contributed by atoms with Crippen LogP contribution in [-0.2, 0) is 13.0 Å². The van der Waals surface area contributed by atoms with E-state index in [9.17, 15) is 0 Å². The average Bonchev–Trinajstić information content (AvgIpc) is 2.75. The van der Waals surface area contributed by atoms with Crippen LogP contribution in [-0.4, -0.2) is 26.3 Å². The number of aromatic nitrogens is 4. The van der Waals surface area contributed by atoms with Crippen molar-refractivity contribution in [3.8, 4) is 5.82 Å². The Labute approximate surface area is 120 Å². The molecule has 0 atom stereocenters. The zero-order valence-electron chi connectivity index (χ0n) is 12.8. The number of nitrogens with one attached hydrogen (secondary N) is 1. The molecule has 5 nitrogen and oxygen atoms in total. The van der Waals surface area contributed by atoms with Gasteiger partial charge in [0.25, 0.3) is 0 Å². The largest absolute Gasteiger partial charge is 0.313 e. The second-order valence-corrected chi connectivity index (χ2v) is 4.97. The highest BCUT2D eigenvalue weighted by Crippen LogP contribution is 2.13. The molecular weight excluding hydrogens is 250 g/mol. The van der Waals surface area contributed by atoms with Crippen LogP contribution < -0.4 is 5.32 Å². The first kappa shape index (κ1) is 14.7. The third-order valence-electron chi connectivity index (χ3n) is 3.10. The third-order valence-corrected chi connectivity index (χ3v) is 3.10. The predicted molar refractivity (Wildman–Crippen MR) is 80.0 cm³/mol. The van der Waals surface area contributed by atoms with Gasteiger partial charge in [0.05, 0.1) is 0 Å². The minimum atomic E-state index is 0.776. The molecule has 2 rings (SSSR count). The molecule has 108 valence electrons. The molecule has 0 fully saturated rings.